The van der Waals surface area contributed by atoms with Gasteiger partial charge in [0.1, 0.15) is 11.5 Å². The third-order valence-electron chi connectivity index (χ3n) is 8.60. The van der Waals surface area contributed by atoms with Crippen LogP contribution in [0.3, 0.4) is 0 Å². The van der Waals surface area contributed by atoms with Gasteiger partial charge in [0.25, 0.3) is 5.91 Å². The molecular formula is C37H39N7O5. The molecule has 0 saturated carbocycles. The van der Waals surface area contributed by atoms with Crippen molar-refractivity contribution in [3.8, 4) is 22.8 Å². The summed E-state index contributed by atoms with van der Waals surface area (Å²) in [4.78, 5) is 46.7. The van der Waals surface area contributed by atoms with Crippen LogP contribution < -0.4 is 20.1 Å². The number of ketones is 1. The van der Waals surface area contributed by atoms with Crippen LogP contribution in [0.25, 0.3) is 28.2 Å². The molecule has 3 N–H and O–H groups in total. The first-order chi connectivity index (χ1) is 23.4. The summed E-state index contributed by atoms with van der Waals surface area (Å²) in [5.74, 6) is 0.763. The van der Waals surface area contributed by atoms with Crippen molar-refractivity contribution in [2.75, 3.05) is 52.0 Å². The predicted octanol–water partition coefficient (Wildman–Crippen LogP) is 6.09. The topological polar surface area (TPSA) is 134 Å². The van der Waals surface area contributed by atoms with Crippen molar-refractivity contribution < 1.29 is 23.9 Å². The van der Waals surface area contributed by atoms with E-state index < -0.39 is 6.03 Å². The number of carbonyl (C=O) groups is 3. The smallest absolute Gasteiger partial charge is 0.323 e. The van der Waals surface area contributed by atoms with Crippen molar-refractivity contribution in [1.82, 2.24) is 24.6 Å². The second kappa shape index (κ2) is 13.3. The van der Waals surface area contributed by atoms with Gasteiger partial charge in [-0.1, -0.05) is 6.07 Å². The normalized spacial score (nSPS) is 13.1. The molecule has 0 bridgehead atoms. The highest BCUT2D eigenvalue weighted by atomic mass is 16.5. The number of carbonyl (C=O) groups excluding carboxylic acids is 3. The maximum absolute atomic E-state index is 13.7. The van der Waals surface area contributed by atoms with Crippen molar-refractivity contribution in [3.63, 3.8) is 0 Å². The summed E-state index contributed by atoms with van der Waals surface area (Å²) >= 11 is 0. The molecule has 12 heteroatoms. The Labute approximate surface area is 284 Å². The second-order valence-electron chi connectivity index (χ2n) is 12.3. The van der Waals surface area contributed by atoms with E-state index in [-0.39, 0.29) is 17.4 Å². The lowest BCUT2D eigenvalue weighted by atomic mass is 10.0. The lowest BCUT2D eigenvalue weighted by molar-refractivity contribution is 0.0786. The number of benzene rings is 3. The summed E-state index contributed by atoms with van der Waals surface area (Å²) in [6, 6.07) is 16.9. The number of aromatic amines is 1. The van der Waals surface area contributed by atoms with Gasteiger partial charge in [-0.05, 0) is 88.6 Å². The quantitative estimate of drug-likeness (QED) is 0.163. The molecule has 6 rings (SSSR count). The Hall–Kier alpha value is -5.88. The van der Waals surface area contributed by atoms with Gasteiger partial charge in [-0.3, -0.25) is 14.3 Å². The molecule has 1 aliphatic rings. The van der Waals surface area contributed by atoms with Gasteiger partial charge in [-0.15, -0.1) is 0 Å². The van der Waals surface area contributed by atoms with E-state index in [1.54, 1.807) is 67.6 Å². The van der Waals surface area contributed by atoms with Crippen LogP contribution in [0.15, 0.2) is 66.4 Å². The second-order valence-corrected chi connectivity index (χ2v) is 12.3. The van der Waals surface area contributed by atoms with E-state index in [9.17, 15) is 14.4 Å². The Balaban J connectivity index is 1.23. The van der Waals surface area contributed by atoms with E-state index in [0.717, 1.165) is 45.7 Å². The number of nitrogens with zero attached hydrogens (tertiary/aromatic N) is 4. The first-order valence-electron chi connectivity index (χ1n) is 15.8. The maximum atomic E-state index is 13.7. The lowest BCUT2D eigenvalue weighted by Gasteiger charge is -2.20. The number of methoxy groups -OCH3 is 1. The van der Waals surface area contributed by atoms with Crippen molar-refractivity contribution >= 4 is 46.1 Å². The van der Waals surface area contributed by atoms with Gasteiger partial charge in [0.05, 0.1) is 24.1 Å². The van der Waals surface area contributed by atoms with E-state index in [4.69, 9.17) is 9.47 Å². The van der Waals surface area contributed by atoms with E-state index in [1.165, 1.54) is 0 Å². The SMILES string of the molecule is COc1ccc2[nH]c(-c3c(C)nn(C)c3C)c(/C=C3\Oc4ccc(NC(=O)Nc5cccc(C(=O)N(C)CCN(C)C)c5)cc4C3=O)c2c1. The van der Waals surface area contributed by atoms with Crippen LogP contribution in [0.1, 0.15) is 37.7 Å². The van der Waals surface area contributed by atoms with Gasteiger partial charge in [0.2, 0.25) is 5.78 Å². The number of amides is 3. The maximum Gasteiger partial charge on any atom is 0.323 e. The standard InChI is InChI=1S/C37H39N7O5/c1-21-33(22(2)44(6)41-21)34-28(27-19-26(48-7)12-13-30(27)40-34)20-32-35(45)29-18-25(11-14-31(29)49-32)39-37(47)38-24-10-8-9-23(17-24)36(46)43(5)16-15-42(3)4/h8-14,17-20,40H,15-16H2,1-7H3,(H2,38,39,47)/b32-20-. The summed E-state index contributed by atoms with van der Waals surface area (Å²) in [7, 11) is 9.15. The predicted molar refractivity (Wildman–Crippen MR) is 191 cm³/mol. The van der Waals surface area contributed by atoms with Crippen LogP contribution in [0.4, 0.5) is 16.2 Å². The summed E-state index contributed by atoms with van der Waals surface area (Å²) in [5.41, 5.74) is 6.87. The molecule has 0 atom stereocenters. The van der Waals surface area contributed by atoms with Crippen molar-refractivity contribution in [2.45, 2.75) is 13.8 Å². The average molecular weight is 662 g/mol. The Bertz CT molecular complexity index is 2140. The Morgan fingerprint density at radius 3 is 2.45 bits per heavy atom. The van der Waals surface area contributed by atoms with E-state index in [0.29, 0.717) is 40.5 Å². The zero-order valence-corrected chi connectivity index (χ0v) is 28.6. The number of hydrogen-bond donors (Lipinski definition) is 3. The molecule has 0 spiro atoms. The van der Waals surface area contributed by atoms with Gasteiger partial charge in [0, 0.05) is 71.8 Å². The zero-order valence-electron chi connectivity index (χ0n) is 28.6. The molecule has 0 aliphatic carbocycles. The molecule has 2 aromatic heterocycles. The van der Waals surface area contributed by atoms with Crippen LogP contribution in [-0.2, 0) is 7.05 Å². The third kappa shape index (κ3) is 6.63. The largest absolute Gasteiger partial charge is 0.497 e. The molecule has 0 saturated heterocycles. The van der Waals surface area contributed by atoms with E-state index in [1.807, 2.05) is 62.8 Å². The van der Waals surface area contributed by atoms with Crippen molar-refractivity contribution in [3.05, 3.63) is 94.5 Å². The molecule has 3 aromatic carbocycles. The number of urea groups is 1. The summed E-state index contributed by atoms with van der Waals surface area (Å²) < 4.78 is 13.4. The molecule has 12 nitrogen and oxygen atoms in total. The molecule has 0 fully saturated rings. The number of aromatic nitrogens is 3. The van der Waals surface area contributed by atoms with Gasteiger partial charge in [0.15, 0.2) is 5.76 Å². The van der Waals surface area contributed by atoms with Gasteiger partial charge in [-0.25, -0.2) is 4.79 Å². The fourth-order valence-corrected chi connectivity index (χ4v) is 5.89. The first kappa shape index (κ1) is 33.0. The fraction of sp³-hybridized carbons (Fsp3) is 0.243. The van der Waals surface area contributed by atoms with Crippen LogP contribution in [0, 0.1) is 13.8 Å². The fourth-order valence-electron chi connectivity index (χ4n) is 5.89. The Morgan fingerprint density at radius 2 is 1.76 bits per heavy atom. The lowest BCUT2D eigenvalue weighted by Crippen LogP contribution is -2.33. The summed E-state index contributed by atoms with van der Waals surface area (Å²) in [5, 5.41) is 11.0. The van der Waals surface area contributed by atoms with Crippen LogP contribution in [0.2, 0.25) is 0 Å². The molecule has 0 unspecified atom stereocenters. The monoisotopic (exact) mass is 661 g/mol. The summed E-state index contributed by atoms with van der Waals surface area (Å²) in [6.07, 6.45) is 1.74. The number of ether oxygens (including phenoxy) is 2. The van der Waals surface area contributed by atoms with Crippen LogP contribution in [0.5, 0.6) is 11.5 Å². The Morgan fingerprint density at radius 1 is 1.00 bits per heavy atom. The van der Waals surface area contributed by atoms with Crippen molar-refractivity contribution in [2.24, 2.45) is 7.05 Å². The zero-order chi connectivity index (χ0) is 35.0. The van der Waals surface area contributed by atoms with Gasteiger partial charge < -0.3 is 34.9 Å². The number of Topliss-reactive ketones (excluding diaryl/α,β-unsaturated/α-hetero) is 1. The molecule has 3 heterocycles. The number of fused-ring (bicyclic) bond motifs is 2. The number of hydrogen-bond acceptors (Lipinski definition) is 7. The minimum Gasteiger partial charge on any atom is -0.497 e. The minimum absolute atomic E-state index is 0.142. The molecule has 5 aromatic rings. The highest BCUT2D eigenvalue weighted by molar-refractivity contribution is 6.16. The Kier molecular flexibility index (Phi) is 8.98. The average Bonchev–Trinajstić information content (AvgIpc) is 3.67. The minimum atomic E-state index is -0.521. The van der Waals surface area contributed by atoms with E-state index >= 15 is 0 Å². The number of likely N-dealkylation sites (N-methyl/N-ethyl adjacent to an activating group) is 2. The number of nitrogens with one attached hydrogen (secondary N) is 3. The summed E-state index contributed by atoms with van der Waals surface area (Å²) in [6.45, 7) is 5.26. The highest BCUT2D eigenvalue weighted by Crippen LogP contribution is 2.39. The molecule has 252 valence electrons. The molecule has 0 radical (unpaired) electrons. The van der Waals surface area contributed by atoms with Crippen molar-refractivity contribution in [1.29, 1.82) is 0 Å². The number of H-pyrrole nitrogens is 1. The molecule has 1 aliphatic heterocycles. The number of rotatable bonds is 9. The number of allylic oxidation sites excluding steroid dienone is 1. The number of aryl methyl sites for hydroxylation is 2. The van der Waals surface area contributed by atoms with Crippen LogP contribution in [-0.4, -0.2) is 83.6 Å². The molecule has 49 heavy (non-hydrogen) atoms. The highest BCUT2D eigenvalue weighted by Gasteiger charge is 2.29. The molecule has 3 amide bonds. The van der Waals surface area contributed by atoms with Gasteiger partial charge in [-0.2, -0.15) is 5.10 Å². The van der Waals surface area contributed by atoms with Crippen LogP contribution >= 0.6 is 0 Å². The number of anilines is 2. The third-order valence-corrected chi connectivity index (χ3v) is 8.60. The molecular weight excluding hydrogens is 622 g/mol. The van der Waals surface area contributed by atoms with Gasteiger partial charge >= 0.3 is 6.03 Å². The first-order valence-corrected chi connectivity index (χ1v) is 15.8. The van der Waals surface area contributed by atoms with E-state index in [2.05, 4.69) is 20.7 Å².